The summed E-state index contributed by atoms with van der Waals surface area (Å²) in [5.74, 6) is -1.08. The lowest BCUT2D eigenvalue weighted by Crippen LogP contribution is -2.09. The van der Waals surface area contributed by atoms with Crippen molar-refractivity contribution in [1.29, 1.82) is 0 Å². The highest BCUT2D eigenvalue weighted by Crippen LogP contribution is 2.20. The second-order valence-electron chi connectivity index (χ2n) is 4.18. The zero-order valence-electron chi connectivity index (χ0n) is 11.1. The number of aryl methyl sites for hydroxylation is 1. The van der Waals surface area contributed by atoms with Gasteiger partial charge in [0.25, 0.3) is 0 Å². The smallest absolute Gasteiger partial charge is 0.342 e. The monoisotopic (exact) mass is 308 g/mol. The Balaban J connectivity index is 2.05. The molecule has 0 atom stereocenters. The molecule has 9 heteroatoms. The number of nitro groups is 1. The Hall–Kier alpha value is -2.55. The fourth-order valence-electron chi connectivity index (χ4n) is 1.70. The Labute approximate surface area is 123 Å². The first-order chi connectivity index (χ1) is 9.97. The minimum atomic E-state index is -1.36. The molecule has 8 nitrogen and oxygen atoms in total. The van der Waals surface area contributed by atoms with Gasteiger partial charge >= 0.3 is 11.7 Å². The lowest BCUT2D eigenvalue weighted by atomic mass is 10.2. The molecule has 0 aliphatic carbocycles. The molecule has 2 rings (SSSR count). The molecule has 0 amide bonds. The molecule has 2 aromatic rings. The topological polar surface area (TPSA) is 118 Å². The number of anilines is 1. The van der Waals surface area contributed by atoms with Gasteiger partial charge in [0.2, 0.25) is 0 Å². The second kappa shape index (κ2) is 6.27. The Morgan fingerprint density at radius 1 is 1.57 bits per heavy atom. The maximum absolute atomic E-state index is 11.0. The third kappa shape index (κ3) is 3.72. The molecule has 2 aromatic heterocycles. The standard InChI is InChI=1S/C12H12N4O4S/c1-7-15-8(6-21-7)2-3-13-11-4-9(12(17)18)10(5-14-11)16(19)20/h4-6H,2-3H2,1H3,(H,13,14)(H,17,18). The summed E-state index contributed by atoms with van der Waals surface area (Å²) in [6.45, 7) is 2.42. The van der Waals surface area contributed by atoms with E-state index in [9.17, 15) is 14.9 Å². The van der Waals surface area contributed by atoms with Gasteiger partial charge in [-0.25, -0.2) is 14.8 Å². The van der Waals surface area contributed by atoms with Crippen LogP contribution in [0.15, 0.2) is 17.6 Å². The fourth-order valence-corrected chi connectivity index (χ4v) is 2.35. The van der Waals surface area contributed by atoms with Gasteiger partial charge in [-0.05, 0) is 6.92 Å². The van der Waals surface area contributed by atoms with E-state index in [1.165, 1.54) is 0 Å². The van der Waals surface area contributed by atoms with Crippen LogP contribution in [0.5, 0.6) is 0 Å². The van der Waals surface area contributed by atoms with Gasteiger partial charge in [-0.15, -0.1) is 11.3 Å². The molecule has 0 saturated carbocycles. The van der Waals surface area contributed by atoms with E-state index in [0.717, 1.165) is 23.0 Å². The maximum atomic E-state index is 11.0. The zero-order valence-corrected chi connectivity index (χ0v) is 11.9. The van der Waals surface area contributed by atoms with E-state index in [1.807, 2.05) is 12.3 Å². The predicted molar refractivity (Wildman–Crippen MR) is 76.9 cm³/mol. The molecule has 0 unspecified atom stereocenters. The zero-order chi connectivity index (χ0) is 15.4. The van der Waals surface area contributed by atoms with Crippen LogP contribution in [0.25, 0.3) is 0 Å². The fraction of sp³-hybridized carbons (Fsp3) is 0.250. The molecule has 2 heterocycles. The average Bonchev–Trinajstić information content (AvgIpc) is 2.84. The summed E-state index contributed by atoms with van der Waals surface area (Å²) in [5, 5.41) is 25.5. The first-order valence-electron chi connectivity index (χ1n) is 6.00. The number of carboxylic acid groups (broad SMARTS) is 1. The number of thiazole rings is 1. The first kappa shape index (κ1) is 14.9. The minimum absolute atomic E-state index is 0.282. The highest BCUT2D eigenvalue weighted by Gasteiger charge is 2.20. The van der Waals surface area contributed by atoms with Gasteiger partial charge < -0.3 is 10.4 Å². The SMILES string of the molecule is Cc1nc(CCNc2cc(C(=O)O)c([N+](=O)[O-])cn2)cs1. The van der Waals surface area contributed by atoms with Crippen molar-refractivity contribution in [2.24, 2.45) is 0 Å². The normalized spacial score (nSPS) is 10.3. The van der Waals surface area contributed by atoms with Crippen LogP contribution in [0, 0.1) is 17.0 Å². The van der Waals surface area contributed by atoms with Crippen LogP contribution in [0.1, 0.15) is 21.1 Å². The van der Waals surface area contributed by atoms with Crippen LogP contribution in [-0.2, 0) is 6.42 Å². The highest BCUT2D eigenvalue weighted by molar-refractivity contribution is 7.09. The van der Waals surface area contributed by atoms with Crippen molar-refractivity contribution in [2.75, 3.05) is 11.9 Å². The molecule has 21 heavy (non-hydrogen) atoms. The molecule has 0 fully saturated rings. The summed E-state index contributed by atoms with van der Waals surface area (Å²) >= 11 is 1.55. The van der Waals surface area contributed by atoms with E-state index in [2.05, 4.69) is 15.3 Å². The van der Waals surface area contributed by atoms with Crippen LogP contribution in [0.3, 0.4) is 0 Å². The van der Waals surface area contributed by atoms with Crippen molar-refractivity contribution >= 4 is 28.8 Å². The van der Waals surface area contributed by atoms with E-state index in [-0.39, 0.29) is 11.4 Å². The number of hydrogen-bond acceptors (Lipinski definition) is 7. The molecular formula is C12H12N4O4S. The Kier molecular flexibility index (Phi) is 4.43. The molecule has 0 aliphatic heterocycles. The molecule has 0 saturated heterocycles. The molecule has 0 aromatic carbocycles. The van der Waals surface area contributed by atoms with Gasteiger partial charge in [-0.1, -0.05) is 0 Å². The van der Waals surface area contributed by atoms with Crippen molar-refractivity contribution in [1.82, 2.24) is 9.97 Å². The minimum Gasteiger partial charge on any atom is -0.477 e. The average molecular weight is 308 g/mol. The quantitative estimate of drug-likeness (QED) is 0.619. The number of hydrogen-bond donors (Lipinski definition) is 2. The van der Waals surface area contributed by atoms with Gasteiger partial charge in [-0.3, -0.25) is 10.1 Å². The molecule has 2 N–H and O–H groups in total. The van der Waals surface area contributed by atoms with Gasteiger partial charge in [-0.2, -0.15) is 0 Å². The van der Waals surface area contributed by atoms with Crippen molar-refractivity contribution < 1.29 is 14.8 Å². The maximum Gasteiger partial charge on any atom is 0.342 e. The summed E-state index contributed by atoms with van der Waals surface area (Å²) in [6, 6.07) is 1.16. The molecule has 0 aliphatic rings. The van der Waals surface area contributed by atoms with E-state index < -0.39 is 16.6 Å². The Bertz CT molecular complexity index is 686. The molecule has 0 bridgehead atoms. The Morgan fingerprint density at radius 2 is 2.33 bits per heavy atom. The van der Waals surface area contributed by atoms with E-state index in [4.69, 9.17) is 5.11 Å². The summed E-state index contributed by atoms with van der Waals surface area (Å²) in [4.78, 5) is 29.1. The Morgan fingerprint density at radius 3 is 2.90 bits per heavy atom. The van der Waals surface area contributed by atoms with Crippen molar-refractivity contribution in [2.45, 2.75) is 13.3 Å². The highest BCUT2D eigenvalue weighted by atomic mass is 32.1. The van der Waals surface area contributed by atoms with Crippen LogP contribution in [0.4, 0.5) is 11.5 Å². The summed E-state index contributed by atoms with van der Waals surface area (Å²) in [5.41, 5.74) is 0.0237. The molecule has 0 radical (unpaired) electrons. The predicted octanol–water partition coefficient (Wildman–Crippen LogP) is 2.11. The van der Waals surface area contributed by atoms with Crippen LogP contribution in [0.2, 0.25) is 0 Å². The summed E-state index contributed by atoms with van der Waals surface area (Å²) in [6.07, 6.45) is 1.60. The van der Waals surface area contributed by atoms with E-state index in [1.54, 1.807) is 11.3 Å². The van der Waals surface area contributed by atoms with Gasteiger partial charge in [0.15, 0.2) is 0 Å². The van der Waals surface area contributed by atoms with Crippen LogP contribution >= 0.6 is 11.3 Å². The summed E-state index contributed by atoms with van der Waals surface area (Å²) in [7, 11) is 0. The van der Waals surface area contributed by atoms with Gasteiger partial charge in [0.1, 0.15) is 17.6 Å². The lowest BCUT2D eigenvalue weighted by Gasteiger charge is -2.05. The second-order valence-corrected chi connectivity index (χ2v) is 5.25. The number of nitrogens with one attached hydrogen (secondary N) is 1. The number of rotatable bonds is 6. The molecular weight excluding hydrogens is 296 g/mol. The van der Waals surface area contributed by atoms with Crippen molar-refractivity contribution in [3.8, 4) is 0 Å². The van der Waals surface area contributed by atoms with Crippen molar-refractivity contribution in [3.63, 3.8) is 0 Å². The third-order valence-corrected chi connectivity index (χ3v) is 3.49. The number of carboxylic acids is 1. The lowest BCUT2D eigenvalue weighted by molar-refractivity contribution is -0.385. The molecule has 0 spiro atoms. The van der Waals surface area contributed by atoms with Crippen LogP contribution < -0.4 is 5.32 Å². The van der Waals surface area contributed by atoms with E-state index >= 15 is 0 Å². The largest absolute Gasteiger partial charge is 0.477 e. The van der Waals surface area contributed by atoms with Gasteiger partial charge in [0.05, 0.1) is 15.6 Å². The molecule has 110 valence electrons. The summed E-state index contributed by atoms with van der Waals surface area (Å²) < 4.78 is 0. The number of pyridine rings is 1. The number of nitrogens with zero attached hydrogens (tertiary/aromatic N) is 3. The number of aromatic carboxylic acids is 1. The number of aromatic nitrogens is 2. The van der Waals surface area contributed by atoms with E-state index in [0.29, 0.717) is 13.0 Å². The third-order valence-electron chi connectivity index (χ3n) is 2.66. The van der Waals surface area contributed by atoms with Crippen LogP contribution in [-0.4, -0.2) is 32.5 Å². The van der Waals surface area contributed by atoms with Crippen molar-refractivity contribution in [3.05, 3.63) is 44.0 Å². The first-order valence-corrected chi connectivity index (χ1v) is 6.88. The number of carbonyl (C=O) groups is 1. The van der Waals surface area contributed by atoms with Gasteiger partial charge in [0, 0.05) is 24.4 Å².